The summed E-state index contributed by atoms with van der Waals surface area (Å²) in [6, 6.07) is 7.50. The first-order valence-corrected chi connectivity index (χ1v) is 9.61. The van der Waals surface area contributed by atoms with Crippen LogP contribution >= 0.6 is 0 Å². The van der Waals surface area contributed by atoms with Crippen molar-refractivity contribution in [3.8, 4) is 5.75 Å². The number of nitrogens with zero attached hydrogens (tertiary/aromatic N) is 3. The summed E-state index contributed by atoms with van der Waals surface area (Å²) < 4.78 is 15.2. The Morgan fingerprint density at radius 2 is 1.70 bits per heavy atom. The lowest BCUT2D eigenvalue weighted by atomic mass is 9.96. The van der Waals surface area contributed by atoms with Gasteiger partial charge in [-0.05, 0) is 44.2 Å². The van der Waals surface area contributed by atoms with Crippen LogP contribution in [0.5, 0.6) is 5.75 Å². The van der Waals surface area contributed by atoms with E-state index in [1.807, 2.05) is 13.8 Å². The highest BCUT2D eigenvalue weighted by Crippen LogP contribution is 2.33. The lowest BCUT2D eigenvalue weighted by Gasteiger charge is -2.39. The lowest BCUT2D eigenvalue weighted by molar-refractivity contribution is 0.111. The second kappa shape index (κ2) is 8.23. The van der Waals surface area contributed by atoms with Crippen LogP contribution in [-0.2, 0) is 6.54 Å². The average molecular weight is 373 g/mol. The molecule has 3 rings (SSSR count). The van der Waals surface area contributed by atoms with Crippen molar-refractivity contribution >= 4 is 0 Å². The molecule has 1 aliphatic heterocycles. The second-order valence-electron chi connectivity index (χ2n) is 7.06. The molecule has 0 spiro atoms. The van der Waals surface area contributed by atoms with Gasteiger partial charge in [-0.3, -0.25) is 9.69 Å². The van der Waals surface area contributed by atoms with Gasteiger partial charge in [0.2, 0.25) is 0 Å². The zero-order valence-electron chi connectivity index (χ0n) is 16.3. The van der Waals surface area contributed by atoms with Crippen LogP contribution in [0.2, 0.25) is 0 Å². The van der Waals surface area contributed by atoms with E-state index in [-0.39, 0.29) is 17.1 Å². The maximum absolute atomic E-state index is 13.5. The third-order valence-corrected chi connectivity index (χ3v) is 5.52. The number of halogens is 1. The quantitative estimate of drug-likeness (QED) is 0.876. The third kappa shape index (κ3) is 3.92. The summed E-state index contributed by atoms with van der Waals surface area (Å²) in [5.74, 6) is -0.304. The van der Waals surface area contributed by atoms with Crippen LogP contribution < -0.4 is 5.56 Å². The fourth-order valence-corrected chi connectivity index (χ4v) is 3.96. The highest BCUT2D eigenvalue weighted by molar-refractivity contribution is 5.41. The summed E-state index contributed by atoms with van der Waals surface area (Å²) in [6.45, 7) is 10.8. The summed E-state index contributed by atoms with van der Waals surface area (Å²) in [5, 5.41) is 10.7. The number of hydrogen-bond acceptors (Lipinski definition) is 4. The van der Waals surface area contributed by atoms with Crippen LogP contribution in [0.3, 0.4) is 0 Å². The molecule has 0 saturated carbocycles. The minimum Gasteiger partial charge on any atom is -0.507 e. The molecule has 5 nitrogen and oxygen atoms in total. The molecule has 2 heterocycles. The van der Waals surface area contributed by atoms with Crippen molar-refractivity contribution in [3.63, 3.8) is 0 Å². The van der Waals surface area contributed by atoms with Crippen molar-refractivity contribution < 1.29 is 9.50 Å². The predicted octanol–water partition coefficient (Wildman–Crippen LogP) is 2.75. The van der Waals surface area contributed by atoms with E-state index in [1.54, 1.807) is 22.8 Å². The lowest BCUT2D eigenvalue weighted by Crippen LogP contribution is -2.48. The summed E-state index contributed by atoms with van der Waals surface area (Å²) in [5.41, 5.74) is 1.75. The molecular formula is C21H28FN3O2. The van der Waals surface area contributed by atoms with Gasteiger partial charge in [0.05, 0.1) is 11.6 Å². The molecule has 6 heteroatoms. The van der Waals surface area contributed by atoms with Crippen molar-refractivity contribution in [2.75, 3.05) is 32.7 Å². The van der Waals surface area contributed by atoms with Crippen LogP contribution in [0.15, 0.2) is 35.1 Å². The second-order valence-corrected chi connectivity index (χ2v) is 7.06. The van der Waals surface area contributed by atoms with Gasteiger partial charge in [-0.1, -0.05) is 19.1 Å². The molecule has 1 aliphatic rings. The number of aryl methyl sites for hydroxylation is 1. The summed E-state index contributed by atoms with van der Waals surface area (Å²) in [4.78, 5) is 17.8. The van der Waals surface area contributed by atoms with Gasteiger partial charge < -0.3 is 14.6 Å². The van der Waals surface area contributed by atoms with E-state index < -0.39 is 6.04 Å². The van der Waals surface area contributed by atoms with Gasteiger partial charge in [0.15, 0.2) is 0 Å². The van der Waals surface area contributed by atoms with Crippen molar-refractivity contribution in [2.45, 2.75) is 33.4 Å². The van der Waals surface area contributed by atoms with Crippen LogP contribution in [0.4, 0.5) is 4.39 Å². The van der Waals surface area contributed by atoms with Gasteiger partial charge in [0, 0.05) is 38.4 Å². The van der Waals surface area contributed by atoms with E-state index in [0.29, 0.717) is 12.1 Å². The van der Waals surface area contributed by atoms with E-state index in [2.05, 4.69) is 16.7 Å². The fraction of sp³-hybridized carbons (Fsp3) is 0.476. The molecule has 0 bridgehead atoms. The molecule has 27 heavy (non-hydrogen) atoms. The van der Waals surface area contributed by atoms with Crippen LogP contribution in [0, 0.1) is 12.7 Å². The first-order chi connectivity index (χ1) is 13.0. The van der Waals surface area contributed by atoms with Crippen molar-refractivity contribution in [1.82, 2.24) is 14.4 Å². The summed E-state index contributed by atoms with van der Waals surface area (Å²) in [7, 11) is 0. The maximum Gasteiger partial charge on any atom is 0.259 e. The van der Waals surface area contributed by atoms with Gasteiger partial charge in [-0.25, -0.2) is 4.39 Å². The van der Waals surface area contributed by atoms with E-state index in [9.17, 15) is 14.3 Å². The highest BCUT2D eigenvalue weighted by Gasteiger charge is 2.31. The molecule has 0 amide bonds. The van der Waals surface area contributed by atoms with Crippen molar-refractivity contribution in [2.24, 2.45) is 0 Å². The highest BCUT2D eigenvalue weighted by atomic mass is 19.1. The topological polar surface area (TPSA) is 48.7 Å². The Balaban J connectivity index is 2.11. The minimum atomic E-state index is -0.393. The SMILES string of the molecule is CCN1CCN([C@H](c2ccc(F)cc2)c2c(O)cc(C)n(CC)c2=O)CC1. The first-order valence-electron chi connectivity index (χ1n) is 9.61. The number of piperazine rings is 1. The Kier molecular flexibility index (Phi) is 5.97. The van der Waals surface area contributed by atoms with Gasteiger partial charge in [-0.2, -0.15) is 0 Å². The standard InChI is InChI=1S/C21H28FN3O2/c1-4-23-10-12-24(13-11-23)20(16-6-8-17(22)9-7-16)19-18(26)14-15(3)25(5-2)21(19)27/h6-9,14,20,26H,4-5,10-13H2,1-3H3/t20-/m1/s1. The zero-order valence-corrected chi connectivity index (χ0v) is 16.3. The maximum atomic E-state index is 13.5. The number of pyridine rings is 1. The monoisotopic (exact) mass is 373 g/mol. The predicted molar refractivity (Wildman–Crippen MR) is 105 cm³/mol. The van der Waals surface area contributed by atoms with Crippen molar-refractivity contribution in [3.05, 3.63) is 63.3 Å². The third-order valence-electron chi connectivity index (χ3n) is 5.52. The van der Waals surface area contributed by atoms with E-state index in [4.69, 9.17) is 0 Å². The van der Waals surface area contributed by atoms with E-state index >= 15 is 0 Å². The molecule has 1 N–H and O–H groups in total. The molecule has 0 aliphatic carbocycles. The van der Waals surface area contributed by atoms with E-state index in [0.717, 1.165) is 44.0 Å². The number of hydrogen-bond donors (Lipinski definition) is 1. The zero-order chi connectivity index (χ0) is 19.6. The van der Waals surface area contributed by atoms with Crippen LogP contribution in [0.1, 0.15) is 36.7 Å². The van der Waals surface area contributed by atoms with Gasteiger partial charge in [0.25, 0.3) is 5.56 Å². The number of aromatic nitrogens is 1. The molecule has 1 aromatic carbocycles. The largest absolute Gasteiger partial charge is 0.507 e. The van der Waals surface area contributed by atoms with E-state index in [1.165, 1.54) is 12.1 Å². The molecular weight excluding hydrogens is 345 g/mol. The average Bonchev–Trinajstić information content (AvgIpc) is 2.66. The fourth-order valence-electron chi connectivity index (χ4n) is 3.96. The Morgan fingerprint density at radius 1 is 1.07 bits per heavy atom. The number of aromatic hydroxyl groups is 1. The molecule has 1 fully saturated rings. The molecule has 1 aromatic heterocycles. The van der Waals surface area contributed by atoms with Crippen molar-refractivity contribution in [1.29, 1.82) is 0 Å². The Labute approximate surface area is 159 Å². The van der Waals surface area contributed by atoms with Gasteiger partial charge in [-0.15, -0.1) is 0 Å². The van der Waals surface area contributed by atoms with Gasteiger partial charge in [0.1, 0.15) is 11.6 Å². The van der Waals surface area contributed by atoms with Crippen LogP contribution in [0.25, 0.3) is 0 Å². The summed E-state index contributed by atoms with van der Waals surface area (Å²) in [6.07, 6.45) is 0. The van der Waals surface area contributed by atoms with Crippen LogP contribution in [-0.4, -0.2) is 52.2 Å². The Morgan fingerprint density at radius 3 is 2.26 bits per heavy atom. The molecule has 2 aromatic rings. The normalized spacial score (nSPS) is 17.2. The smallest absolute Gasteiger partial charge is 0.259 e. The number of rotatable bonds is 5. The minimum absolute atomic E-state index is 0.00875. The molecule has 146 valence electrons. The molecule has 1 atom stereocenters. The van der Waals surface area contributed by atoms with Gasteiger partial charge >= 0.3 is 0 Å². The molecule has 0 radical (unpaired) electrons. The number of benzene rings is 1. The molecule has 1 saturated heterocycles. The Hall–Kier alpha value is -2.18. The number of likely N-dealkylation sites (N-methyl/N-ethyl adjacent to an activating group) is 1. The molecule has 0 unspecified atom stereocenters. The first kappa shape index (κ1) is 19.6. The Bertz CT molecular complexity index is 840. The summed E-state index contributed by atoms with van der Waals surface area (Å²) >= 11 is 0.